The third-order valence-electron chi connectivity index (χ3n) is 2.66. The van der Waals surface area contributed by atoms with E-state index in [1.165, 1.54) is 25.3 Å². The Bertz CT molecular complexity index is 586. The normalized spacial score (nSPS) is 11.3. The summed E-state index contributed by atoms with van der Waals surface area (Å²) in [4.78, 5) is 11.5. The van der Waals surface area contributed by atoms with Gasteiger partial charge in [0.25, 0.3) is 0 Å². The summed E-state index contributed by atoms with van der Waals surface area (Å²) in [5, 5.41) is 0. The van der Waals surface area contributed by atoms with Crippen molar-refractivity contribution in [3.63, 3.8) is 0 Å². The highest BCUT2D eigenvalue weighted by Crippen LogP contribution is 2.19. The Labute approximate surface area is 124 Å². The summed E-state index contributed by atoms with van der Waals surface area (Å²) in [5.41, 5.74) is 5.77. The first-order valence-electron chi connectivity index (χ1n) is 6.47. The number of nitrogen functional groups attached to an aromatic ring is 1. The van der Waals surface area contributed by atoms with Crippen LogP contribution in [0.3, 0.4) is 0 Å². The maximum Gasteiger partial charge on any atom is 0.339 e. The monoisotopic (exact) mass is 316 g/mol. The summed E-state index contributed by atoms with van der Waals surface area (Å²) in [6.07, 6.45) is 0.537. The third kappa shape index (κ3) is 5.00. The molecule has 0 spiro atoms. The van der Waals surface area contributed by atoms with Crippen LogP contribution in [0, 0.1) is 0 Å². The highest BCUT2D eigenvalue weighted by atomic mass is 32.2. The standard InChI is InChI=1S/C13H20N2O5S/c1-3-20-8-4-7-15-21(17,18)12-6-5-10(14)9-11(12)13(16)19-2/h5-6,9,15H,3-4,7-8,14H2,1-2H3. The number of carbonyl (C=O) groups is 1. The Hall–Kier alpha value is -1.64. The van der Waals surface area contributed by atoms with E-state index in [0.717, 1.165) is 0 Å². The number of esters is 1. The Kier molecular flexibility index (Phi) is 6.60. The zero-order valence-electron chi connectivity index (χ0n) is 12.1. The molecule has 1 aromatic rings. The predicted octanol–water partition coefficient (Wildman–Crippen LogP) is 0.760. The number of sulfonamides is 1. The van der Waals surface area contributed by atoms with Crippen LogP contribution in [0.5, 0.6) is 0 Å². The van der Waals surface area contributed by atoms with Gasteiger partial charge in [0.1, 0.15) is 0 Å². The summed E-state index contributed by atoms with van der Waals surface area (Å²) in [5.74, 6) is -0.753. The molecule has 0 unspecified atom stereocenters. The van der Waals surface area contributed by atoms with Gasteiger partial charge in [0.15, 0.2) is 0 Å². The molecule has 0 atom stereocenters. The Morgan fingerprint density at radius 2 is 2.10 bits per heavy atom. The molecule has 0 fully saturated rings. The zero-order chi connectivity index (χ0) is 15.9. The number of nitrogens with two attached hydrogens (primary N) is 1. The summed E-state index contributed by atoms with van der Waals surface area (Å²) in [7, 11) is -2.63. The molecule has 118 valence electrons. The van der Waals surface area contributed by atoms with E-state index >= 15 is 0 Å². The van der Waals surface area contributed by atoms with Crippen LogP contribution in [-0.4, -0.2) is 41.3 Å². The summed E-state index contributed by atoms with van der Waals surface area (Å²) in [6.45, 7) is 3.12. The van der Waals surface area contributed by atoms with Crippen molar-refractivity contribution in [2.24, 2.45) is 0 Å². The first-order chi connectivity index (χ1) is 9.92. The number of hydrogen-bond acceptors (Lipinski definition) is 6. The van der Waals surface area contributed by atoms with Gasteiger partial charge >= 0.3 is 5.97 Å². The first kappa shape index (κ1) is 17.4. The summed E-state index contributed by atoms with van der Waals surface area (Å²) >= 11 is 0. The molecular weight excluding hydrogens is 296 g/mol. The fourth-order valence-electron chi connectivity index (χ4n) is 1.65. The predicted molar refractivity (Wildman–Crippen MR) is 78.5 cm³/mol. The molecule has 0 bridgehead atoms. The number of ether oxygens (including phenoxy) is 2. The lowest BCUT2D eigenvalue weighted by Crippen LogP contribution is -2.27. The largest absolute Gasteiger partial charge is 0.465 e. The average molecular weight is 316 g/mol. The molecule has 0 saturated heterocycles. The first-order valence-corrected chi connectivity index (χ1v) is 7.96. The van der Waals surface area contributed by atoms with E-state index < -0.39 is 16.0 Å². The molecule has 0 aliphatic carbocycles. The van der Waals surface area contributed by atoms with Crippen LogP contribution in [0.1, 0.15) is 23.7 Å². The lowest BCUT2D eigenvalue weighted by Gasteiger charge is -2.11. The highest BCUT2D eigenvalue weighted by molar-refractivity contribution is 7.89. The number of nitrogens with one attached hydrogen (secondary N) is 1. The number of rotatable bonds is 8. The van der Waals surface area contributed by atoms with Crippen molar-refractivity contribution in [3.05, 3.63) is 23.8 Å². The van der Waals surface area contributed by atoms with Gasteiger partial charge in [-0.3, -0.25) is 0 Å². The Morgan fingerprint density at radius 3 is 2.71 bits per heavy atom. The number of methoxy groups -OCH3 is 1. The summed E-state index contributed by atoms with van der Waals surface area (Å²) in [6, 6.07) is 3.98. The third-order valence-corrected chi connectivity index (χ3v) is 4.18. The number of carbonyl (C=O) groups excluding carboxylic acids is 1. The van der Waals surface area contributed by atoms with Gasteiger partial charge in [0.05, 0.1) is 17.6 Å². The van der Waals surface area contributed by atoms with Crippen molar-refractivity contribution < 1.29 is 22.7 Å². The molecule has 0 heterocycles. The zero-order valence-corrected chi connectivity index (χ0v) is 12.9. The van der Waals surface area contributed by atoms with Crippen LogP contribution < -0.4 is 10.5 Å². The number of hydrogen-bond donors (Lipinski definition) is 2. The molecule has 1 aromatic carbocycles. The van der Waals surface area contributed by atoms with Crippen molar-refractivity contribution in [3.8, 4) is 0 Å². The summed E-state index contributed by atoms with van der Waals surface area (Å²) < 4.78 is 36.6. The molecule has 8 heteroatoms. The highest BCUT2D eigenvalue weighted by Gasteiger charge is 2.22. The smallest absolute Gasteiger partial charge is 0.339 e. The van der Waals surface area contributed by atoms with Gasteiger partial charge in [-0.05, 0) is 31.5 Å². The maximum absolute atomic E-state index is 12.2. The van der Waals surface area contributed by atoms with Gasteiger partial charge in [0.2, 0.25) is 10.0 Å². The fraction of sp³-hybridized carbons (Fsp3) is 0.462. The number of benzene rings is 1. The second-order valence-electron chi connectivity index (χ2n) is 4.20. The van der Waals surface area contributed by atoms with Crippen LogP contribution in [0.2, 0.25) is 0 Å². The van der Waals surface area contributed by atoms with Crippen LogP contribution in [-0.2, 0) is 19.5 Å². The van der Waals surface area contributed by atoms with Crippen molar-refractivity contribution in [1.29, 1.82) is 0 Å². The van der Waals surface area contributed by atoms with Crippen molar-refractivity contribution in [2.75, 3.05) is 32.6 Å². The maximum atomic E-state index is 12.2. The van der Waals surface area contributed by atoms with Gasteiger partial charge in [-0.15, -0.1) is 0 Å². The lowest BCUT2D eigenvalue weighted by atomic mass is 10.2. The van der Waals surface area contributed by atoms with E-state index in [9.17, 15) is 13.2 Å². The van der Waals surface area contributed by atoms with Gasteiger partial charge in [0, 0.05) is 25.4 Å². The van der Waals surface area contributed by atoms with E-state index in [-0.39, 0.29) is 22.7 Å². The van der Waals surface area contributed by atoms with Crippen LogP contribution in [0.4, 0.5) is 5.69 Å². The molecule has 21 heavy (non-hydrogen) atoms. The Morgan fingerprint density at radius 1 is 1.38 bits per heavy atom. The molecule has 0 aliphatic heterocycles. The van der Waals surface area contributed by atoms with Gasteiger partial charge in [-0.25, -0.2) is 17.9 Å². The minimum absolute atomic E-state index is 0.0881. The second-order valence-corrected chi connectivity index (χ2v) is 5.93. The molecule has 0 radical (unpaired) electrons. The average Bonchev–Trinajstić information content (AvgIpc) is 2.45. The molecule has 0 amide bonds. The quantitative estimate of drug-likeness (QED) is 0.416. The van der Waals surface area contributed by atoms with Crippen LogP contribution >= 0.6 is 0 Å². The van der Waals surface area contributed by atoms with Gasteiger partial charge < -0.3 is 15.2 Å². The van der Waals surface area contributed by atoms with Crippen molar-refractivity contribution in [1.82, 2.24) is 4.72 Å². The molecule has 0 aliphatic rings. The Balaban J connectivity index is 2.90. The van der Waals surface area contributed by atoms with E-state index in [2.05, 4.69) is 9.46 Å². The SMILES string of the molecule is CCOCCCNS(=O)(=O)c1ccc(N)cc1C(=O)OC. The van der Waals surface area contributed by atoms with E-state index in [0.29, 0.717) is 19.6 Å². The number of anilines is 1. The van der Waals surface area contributed by atoms with Crippen molar-refractivity contribution in [2.45, 2.75) is 18.2 Å². The minimum Gasteiger partial charge on any atom is -0.465 e. The van der Waals surface area contributed by atoms with E-state index in [1.54, 1.807) is 0 Å². The molecule has 3 N–H and O–H groups in total. The van der Waals surface area contributed by atoms with Crippen LogP contribution in [0.15, 0.2) is 23.1 Å². The van der Waals surface area contributed by atoms with Gasteiger partial charge in [-0.2, -0.15) is 0 Å². The molecule has 0 saturated carbocycles. The minimum atomic E-state index is -3.81. The molecule has 0 aromatic heterocycles. The molecular formula is C13H20N2O5S. The van der Waals surface area contributed by atoms with Gasteiger partial charge in [-0.1, -0.05) is 0 Å². The van der Waals surface area contributed by atoms with E-state index in [1.807, 2.05) is 6.92 Å². The molecule has 1 rings (SSSR count). The van der Waals surface area contributed by atoms with Crippen molar-refractivity contribution >= 4 is 21.7 Å². The lowest BCUT2D eigenvalue weighted by molar-refractivity contribution is 0.0596. The topological polar surface area (TPSA) is 108 Å². The van der Waals surface area contributed by atoms with Crippen LogP contribution in [0.25, 0.3) is 0 Å². The fourth-order valence-corrected chi connectivity index (χ4v) is 2.90. The second kappa shape index (κ2) is 7.96. The molecule has 7 nitrogen and oxygen atoms in total. The van der Waals surface area contributed by atoms with E-state index in [4.69, 9.17) is 10.5 Å².